The molecule has 3 heteroatoms. The molecule has 0 bridgehead atoms. The highest BCUT2D eigenvalue weighted by Crippen LogP contribution is 2.15. The van der Waals surface area contributed by atoms with Crippen molar-refractivity contribution in [2.75, 3.05) is 11.4 Å². The maximum atomic E-state index is 11.2. The van der Waals surface area contributed by atoms with E-state index in [-0.39, 0.29) is 5.91 Å². The molecular formula is C11H12N2O. The predicted octanol–water partition coefficient (Wildman–Crippen LogP) is 1.93. The van der Waals surface area contributed by atoms with E-state index in [0.717, 1.165) is 5.69 Å². The topological polar surface area (TPSA) is 44.1 Å². The smallest absolute Gasteiger partial charge is 0.223 e. The van der Waals surface area contributed by atoms with Gasteiger partial charge in [-0.2, -0.15) is 5.26 Å². The predicted molar refractivity (Wildman–Crippen MR) is 54.9 cm³/mol. The van der Waals surface area contributed by atoms with Crippen molar-refractivity contribution in [1.82, 2.24) is 0 Å². The van der Waals surface area contributed by atoms with Gasteiger partial charge in [0.05, 0.1) is 11.6 Å². The van der Waals surface area contributed by atoms with E-state index in [1.165, 1.54) is 6.92 Å². The standard InChI is InChI=1S/C11H12N2O/c1-3-13(9(2)14)11-6-4-5-10(7-11)8-12/h4-7H,3H2,1-2H3. The highest BCUT2D eigenvalue weighted by molar-refractivity contribution is 5.91. The Balaban J connectivity index is 3.05. The molecule has 0 spiro atoms. The molecule has 0 aliphatic carbocycles. The van der Waals surface area contributed by atoms with Crippen molar-refractivity contribution in [3.05, 3.63) is 29.8 Å². The maximum Gasteiger partial charge on any atom is 0.223 e. The molecule has 3 nitrogen and oxygen atoms in total. The van der Waals surface area contributed by atoms with Gasteiger partial charge in [-0.15, -0.1) is 0 Å². The van der Waals surface area contributed by atoms with E-state index in [2.05, 4.69) is 0 Å². The van der Waals surface area contributed by atoms with Crippen LogP contribution in [0.2, 0.25) is 0 Å². The Bertz CT molecular complexity index is 379. The van der Waals surface area contributed by atoms with Crippen LogP contribution in [0.3, 0.4) is 0 Å². The van der Waals surface area contributed by atoms with Gasteiger partial charge in [0.15, 0.2) is 0 Å². The number of anilines is 1. The fourth-order valence-electron chi connectivity index (χ4n) is 1.33. The summed E-state index contributed by atoms with van der Waals surface area (Å²) in [5, 5.41) is 8.70. The second-order valence-corrected chi connectivity index (χ2v) is 2.93. The zero-order valence-corrected chi connectivity index (χ0v) is 8.32. The minimum atomic E-state index is -0.0115. The average Bonchev–Trinajstić information content (AvgIpc) is 2.19. The largest absolute Gasteiger partial charge is 0.313 e. The fraction of sp³-hybridized carbons (Fsp3) is 0.273. The van der Waals surface area contributed by atoms with Crippen LogP contribution in [0.5, 0.6) is 0 Å². The van der Waals surface area contributed by atoms with Crippen molar-refractivity contribution in [3.8, 4) is 6.07 Å². The van der Waals surface area contributed by atoms with E-state index in [1.54, 1.807) is 23.1 Å². The summed E-state index contributed by atoms with van der Waals surface area (Å²) in [5.74, 6) is -0.0115. The summed E-state index contributed by atoms with van der Waals surface area (Å²) in [4.78, 5) is 12.8. The SMILES string of the molecule is CCN(C(C)=O)c1cccc(C#N)c1. The van der Waals surface area contributed by atoms with Crippen LogP contribution in [0, 0.1) is 11.3 Å². The molecule has 0 fully saturated rings. The molecule has 0 aromatic heterocycles. The lowest BCUT2D eigenvalue weighted by Crippen LogP contribution is -2.27. The summed E-state index contributed by atoms with van der Waals surface area (Å²) in [6, 6.07) is 9.08. The minimum absolute atomic E-state index is 0.0115. The van der Waals surface area contributed by atoms with Crippen LogP contribution in [0.1, 0.15) is 19.4 Å². The van der Waals surface area contributed by atoms with Crippen molar-refractivity contribution in [3.63, 3.8) is 0 Å². The first kappa shape index (κ1) is 10.3. The summed E-state index contributed by atoms with van der Waals surface area (Å²) in [7, 11) is 0. The summed E-state index contributed by atoms with van der Waals surface area (Å²) >= 11 is 0. The fourth-order valence-corrected chi connectivity index (χ4v) is 1.33. The summed E-state index contributed by atoms with van der Waals surface area (Å²) in [6.45, 7) is 4.03. The Morgan fingerprint density at radius 1 is 1.57 bits per heavy atom. The first-order valence-corrected chi connectivity index (χ1v) is 4.47. The molecule has 72 valence electrons. The van der Waals surface area contributed by atoms with Gasteiger partial charge in [0.25, 0.3) is 0 Å². The number of hydrogen-bond acceptors (Lipinski definition) is 2. The molecule has 1 amide bonds. The van der Waals surface area contributed by atoms with E-state index in [1.807, 2.05) is 19.1 Å². The summed E-state index contributed by atoms with van der Waals surface area (Å²) < 4.78 is 0. The molecule has 0 aliphatic rings. The van der Waals surface area contributed by atoms with E-state index in [4.69, 9.17) is 5.26 Å². The Morgan fingerprint density at radius 2 is 2.29 bits per heavy atom. The summed E-state index contributed by atoms with van der Waals surface area (Å²) in [6.07, 6.45) is 0. The van der Waals surface area contributed by atoms with Crippen LogP contribution in [0.4, 0.5) is 5.69 Å². The Kier molecular flexibility index (Phi) is 3.24. The molecule has 0 heterocycles. The molecule has 1 rings (SSSR count). The van der Waals surface area contributed by atoms with Gasteiger partial charge in [0, 0.05) is 19.2 Å². The highest BCUT2D eigenvalue weighted by atomic mass is 16.2. The van der Waals surface area contributed by atoms with E-state index >= 15 is 0 Å². The lowest BCUT2D eigenvalue weighted by atomic mass is 10.2. The van der Waals surface area contributed by atoms with Gasteiger partial charge >= 0.3 is 0 Å². The van der Waals surface area contributed by atoms with Crippen LogP contribution in [0.25, 0.3) is 0 Å². The van der Waals surface area contributed by atoms with E-state index < -0.39 is 0 Å². The molecule has 0 aliphatic heterocycles. The van der Waals surface area contributed by atoms with Crippen LogP contribution in [0.15, 0.2) is 24.3 Å². The average molecular weight is 188 g/mol. The van der Waals surface area contributed by atoms with Gasteiger partial charge in [-0.3, -0.25) is 4.79 Å². The molecule has 14 heavy (non-hydrogen) atoms. The lowest BCUT2D eigenvalue weighted by Gasteiger charge is -2.18. The third-order valence-corrected chi connectivity index (χ3v) is 1.98. The minimum Gasteiger partial charge on any atom is -0.313 e. The Hall–Kier alpha value is -1.82. The lowest BCUT2D eigenvalue weighted by molar-refractivity contribution is -0.116. The number of carbonyl (C=O) groups is 1. The molecular weight excluding hydrogens is 176 g/mol. The van der Waals surface area contributed by atoms with Crippen molar-refractivity contribution >= 4 is 11.6 Å². The van der Waals surface area contributed by atoms with Crippen LogP contribution in [-0.2, 0) is 4.79 Å². The van der Waals surface area contributed by atoms with Crippen molar-refractivity contribution in [2.45, 2.75) is 13.8 Å². The Morgan fingerprint density at radius 3 is 2.79 bits per heavy atom. The highest BCUT2D eigenvalue weighted by Gasteiger charge is 2.08. The second-order valence-electron chi connectivity index (χ2n) is 2.93. The molecule has 0 N–H and O–H groups in total. The van der Waals surface area contributed by atoms with Gasteiger partial charge < -0.3 is 4.90 Å². The molecule has 0 unspecified atom stereocenters. The number of nitriles is 1. The maximum absolute atomic E-state index is 11.2. The molecule has 0 saturated carbocycles. The van der Waals surface area contributed by atoms with Gasteiger partial charge in [-0.25, -0.2) is 0 Å². The monoisotopic (exact) mass is 188 g/mol. The quantitative estimate of drug-likeness (QED) is 0.711. The number of rotatable bonds is 2. The molecule has 0 radical (unpaired) electrons. The van der Waals surface area contributed by atoms with Crippen LogP contribution < -0.4 is 4.90 Å². The van der Waals surface area contributed by atoms with Crippen molar-refractivity contribution < 1.29 is 4.79 Å². The third-order valence-electron chi connectivity index (χ3n) is 1.98. The number of nitrogens with zero attached hydrogens (tertiary/aromatic N) is 2. The van der Waals surface area contributed by atoms with Gasteiger partial charge in [0.1, 0.15) is 0 Å². The van der Waals surface area contributed by atoms with Gasteiger partial charge in [0.2, 0.25) is 5.91 Å². The van der Waals surface area contributed by atoms with Gasteiger partial charge in [-0.05, 0) is 25.1 Å². The normalized spacial score (nSPS) is 9.21. The molecule has 1 aromatic rings. The molecule has 1 aromatic carbocycles. The number of carbonyl (C=O) groups excluding carboxylic acids is 1. The van der Waals surface area contributed by atoms with Gasteiger partial charge in [-0.1, -0.05) is 6.07 Å². The number of amides is 1. The van der Waals surface area contributed by atoms with Crippen molar-refractivity contribution in [2.24, 2.45) is 0 Å². The van der Waals surface area contributed by atoms with Crippen LogP contribution in [-0.4, -0.2) is 12.5 Å². The number of hydrogen-bond donors (Lipinski definition) is 0. The summed E-state index contributed by atoms with van der Waals surface area (Å²) in [5.41, 5.74) is 1.35. The first-order valence-electron chi connectivity index (χ1n) is 4.47. The first-order chi connectivity index (χ1) is 6.69. The van der Waals surface area contributed by atoms with E-state index in [9.17, 15) is 4.79 Å². The van der Waals surface area contributed by atoms with Crippen LogP contribution >= 0.6 is 0 Å². The third kappa shape index (κ3) is 2.11. The second kappa shape index (κ2) is 4.43. The zero-order chi connectivity index (χ0) is 10.6. The van der Waals surface area contributed by atoms with E-state index in [0.29, 0.717) is 12.1 Å². The zero-order valence-electron chi connectivity index (χ0n) is 8.32. The van der Waals surface area contributed by atoms with Crippen molar-refractivity contribution in [1.29, 1.82) is 5.26 Å². The molecule has 0 atom stereocenters. The molecule has 0 saturated heterocycles. The Labute approximate surface area is 83.6 Å². The number of benzene rings is 1.